The summed E-state index contributed by atoms with van der Waals surface area (Å²) in [6, 6.07) is 5.12. The molecule has 2 aromatic rings. The fourth-order valence-corrected chi connectivity index (χ4v) is 1.38. The van der Waals surface area contributed by atoms with Gasteiger partial charge in [0.05, 0.1) is 10.6 Å². The number of hydrogen-bond donors (Lipinski definition) is 1. The van der Waals surface area contributed by atoms with Gasteiger partial charge in [0.2, 0.25) is 0 Å². The minimum Gasteiger partial charge on any atom is -0.354 e. The largest absolute Gasteiger partial charge is 0.365 e. The van der Waals surface area contributed by atoms with Crippen molar-refractivity contribution < 1.29 is 4.92 Å². The Morgan fingerprint density at radius 3 is 2.79 bits per heavy atom. The quantitative estimate of drug-likeness (QED) is 0.475. The van der Waals surface area contributed by atoms with Gasteiger partial charge in [-0.05, 0) is 11.2 Å². The molecule has 2 rings (SSSR count). The van der Waals surface area contributed by atoms with Crippen molar-refractivity contribution in [1.29, 1.82) is 0 Å². The number of non-ortho nitro benzene ring substituents is 1. The fourth-order valence-electron chi connectivity index (χ4n) is 1.38. The Balaban J connectivity index is 2.69. The summed E-state index contributed by atoms with van der Waals surface area (Å²) in [5.74, 6) is -0.522. The van der Waals surface area contributed by atoms with Crippen LogP contribution in [0.5, 0.6) is 0 Å². The zero-order valence-corrected chi connectivity index (χ0v) is 9.23. The van der Waals surface area contributed by atoms with Crippen LogP contribution < -0.4 is 11.2 Å². The number of nitrogens with zero attached hydrogens (tertiary/aromatic N) is 4. The van der Waals surface area contributed by atoms with Gasteiger partial charge in [-0.1, -0.05) is 12.6 Å². The number of benzene rings is 1. The molecule has 9 heteroatoms. The van der Waals surface area contributed by atoms with Gasteiger partial charge in [-0.15, -0.1) is 4.68 Å². The van der Waals surface area contributed by atoms with Crippen molar-refractivity contribution in [3.05, 3.63) is 66.6 Å². The number of aromatic amines is 1. The smallest absolute Gasteiger partial charge is 0.354 e. The molecule has 9 nitrogen and oxygen atoms in total. The van der Waals surface area contributed by atoms with Crippen LogP contribution in [-0.4, -0.2) is 19.7 Å². The molecule has 0 unspecified atom stereocenters. The molecule has 0 aliphatic heterocycles. The molecular formula is C10H5N5O4. The van der Waals surface area contributed by atoms with Crippen LogP contribution in [0.1, 0.15) is 0 Å². The third-order valence-corrected chi connectivity index (χ3v) is 2.20. The SMILES string of the molecule is [C-]#[N+]c1nn(-c2cccc([N+](=O)[O-])c2)c(=O)[nH]c1=O. The second kappa shape index (κ2) is 4.53. The summed E-state index contributed by atoms with van der Waals surface area (Å²) in [5, 5.41) is 14.2. The van der Waals surface area contributed by atoms with Gasteiger partial charge in [0.1, 0.15) is 0 Å². The Bertz CT molecular complexity index is 814. The highest BCUT2D eigenvalue weighted by molar-refractivity contribution is 5.43. The molecule has 0 spiro atoms. The standard InChI is InChI=1S/C10H5N5O4/c1-11-8-9(16)12-10(17)14(13-8)6-3-2-4-7(5-6)15(18)19/h2-5H,(H,12,16,17). The molecule has 0 aliphatic rings. The Hall–Kier alpha value is -3.28. The maximum Gasteiger partial charge on any atom is 0.365 e. The third kappa shape index (κ3) is 2.22. The number of aromatic nitrogens is 3. The van der Waals surface area contributed by atoms with Crippen LogP contribution in [0.2, 0.25) is 0 Å². The molecule has 94 valence electrons. The van der Waals surface area contributed by atoms with E-state index in [1.54, 1.807) is 0 Å². The minimum atomic E-state index is -0.901. The summed E-state index contributed by atoms with van der Waals surface area (Å²) in [4.78, 5) is 37.5. The molecule has 0 radical (unpaired) electrons. The molecule has 1 heterocycles. The van der Waals surface area contributed by atoms with Crippen LogP contribution in [0.4, 0.5) is 11.5 Å². The van der Waals surface area contributed by atoms with Crippen molar-refractivity contribution in [2.24, 2.45) is 0 Å². The van der Waals surface area contributed by atoms with Crippen LogP contribution in [0.3, 0.4) is 0 Å². The summed E-state index contributed by atoms with van der Waals surface area (Å²) < 4.78 is 0.724. The van der Waals surface area contributed by atoms with E-state index in [2.05, 4.69) is 9.94 Å². The lowest BCUT2D eigenvalue weighted by Gasteiger charge is -1.99. The van der Waals surface area contributed by atoms with E-state index in [1.165, 1.54) is 18.2 Å². The number of nitrogens with one attached hydrogen (secondary N) is 1. The van der Waals surface area contributed by atoms with Gasteiger partial charge in [0.15, 0.2) is 0 Å². The van der Waals surface area contributed by atoms with E-state index in [1.807, 2.05) is 4.98 Å². The summed E-state index contributed by atoms with van der Waals surface area (Å²) in [6.07, 6.45) is 0. The first-order valence-electron chi connectivity index (χ1n) is 4.89. The number of hydrogen-bond acceptors (Lipinski definition) is 5. The monoisotopic (exact) mass is 259 g/mol. The molecule has 0 fully saturated rings. The Kier molecular flexibility index (Phi) is 2.91. The van der Waals surface area contributed by atoms with E-state index in [-0.39, 0.29) is 11.4 Å². The highest BCUT2D eigenvalue weighted by Crippen LogP contribution is 2.14. The van der Waals surface area contributed by atoms with Crippen LogP contribution in [0.15, 0.2) is 33.9 Å². The van der Waals surface area contributed by atoms with Crippen molar-refractivity contribution in [1.82, 2.24) is 14.8 Å². The van der Waals surface area contributed by atoms with Gasteiger partial charge in [-0.25, -0.2) is 4.79 Å². The average Bonchev–Trinajstić information content (AvgIpc) is 2.39. The van der Waals surface area contributed by atoms with E-state index in [9.17, 15) is 19.7 Å². The molecule has 1 N–H and O–H groups in total. The molecule has 0 aliphatic carbocycles. The lowest BCUT2D eigenvalue weighted by molar-refractivity contribution is -0.384. The van der Waals surface area contributed by atoms with E-state index in [0.29, 0.717) is 0 Å². The molecule has 0 amide bonds. The maximum absolute atomic E-state index is 11.6. The van der Waals surface area contributed by atoms with E-state index in [4.69, 9.17) is 6.57 Å². The second-order valence-electron chi connectivity index (χ2n) is 3.38. The number of nitro groups is 1. The minimum absolute atomic E-state index is 0.0837. The summed E-state index contributed by atoms with van der Waals surface area (Å²) in [7, 11) is 0. The highest BCUT2D eigenvalue weighted by Gasteiger charge is 2.13. The van der Waals surface area contributed by atoms with Crippen LogP contribution in [0.25, 0.3) is 10.5 Å². The van der Waals surface area contributed by atoms with Crippen molar-refractivity contribution in [2.75, 3.05) is 0 Å². The lowest BCUT2D eigenvalue weighted by atomic mass is 10.3. The number of H-pyrrole nitrogens is 1. The number of nitro benzene ring substituents is 1. The molecule has 0 bridgehead atoms. The Morgan fingerprint density at radius 2 is 2.16 bits per heavy atom. The van der Waals surface area contributed by atoms with Gasteiger partial charge >= 0.3 is 11.5 Å². The topological polar surface area (TPSA) is 115 Å². The van der Waals surface area contributed by atoms with Crippen molar-refractivity contribution >= 4 is 11.5 Å². The molecule has 1 aromatic heterocycles. The van der Waals surface area contributed by atoms with Crippen LogP contribution >= 0.6 is 0 Å². The molecule has 0 saturated heterocycles. The van der Waals surface area contributed by atoms with Gasteiger partial charge in [-0.2, -0.15) is 0 Å². The Labute approximate surface area is 104 Å². The van der Waals surface area contributed by atoms with E-state index >= 15 is 0 Å². The predicted octanol–water partition coefficient (Wildman–Crippen LogP) is 0.380. The fraction of sp³-hybridized carbons (Fsp3) is 0. The molecule has 0 atom stereocenters. The highest BCUT2D eigenvalue weighted by atomic mass is 16.6. The van der Waals surface area contributed by atoms with Gasteiger partial charge < -0.3 is 4.85 Å². The predicted molar refractivity (Wildman–Crippen MR) is 63.4 cm³/mol. The average molecular weight is 259 g/mol. The van der Waals surface area contributed by atoms with Crippen molar-refractivity contribution in [2.45, 2.75) is 0 Å². The third-order valence-electron chi connectivity index (χ3n) is 2.20. The van der Waals surface area contributed by atoms with Crippen molar-refractivity contribution in [3.8, 4) is 5.69 Å². The normalized spacial score (nSPS) is 9.84. The van der Waals surface area contributed by atoms with E-state index < -0.39 is 22.0 Å². The zero-order chi connectivity index (χ0) is 14.0. The molecule has 19 heavy (non-hydrogen) atoms. The summed E-state index contributed by atoms with van der Waals surface area (Å²) in [5.41, 5.74) is -1.93. The first kappa shape index (κ1) is 12.2. The molecular weight excluding hydrogens is 254 g/mol. The first-order valence-corrected chi connectivity index (χ1v) is 4.89. The van der Waals surface area contributed by atoms with E-state index in [0.717, 1.165) is 10.7 Å². The Morgan fingerprint density at radius 1 is 1.42 bits per heavy atom. The van der Waals surface area contributed by atoms with Crippen molar-refractivity contribution in [3.63, 3.8) is 0 Å². The second-order valence-corrected chi connectivity index (χ2v) is 3.38. The van der Waals surface area contributed by atoms with Crippen LogP contribution in [0, 0.1) is 16.7 Å². The molecule has 1 aromatic carbocycles. The zero-order valence-electron chi connectivity index (χ0n) is 9.23. The van der Waals surface area contributed by atoms with Crippen LogP contribution in [-0.2, 0) is 0 Å². The van der Waals surface area contributed by atoms with Gasteiger partial charge in [0, 0.05) is 12.1 Å². The lowest BCUT2D eigenvalue weighted by Crippen LogP contribution is -2.30. The van der Waals surface area contributed by atoms with Gasteiger partial charge in [-0.3, -0.25) is 19.9 Å². The number of rotatable bonds is 2. The summed E-state index contributed by atoms with van der Waals surface area (Å²) in [6.45, 7) is 6.74. The summed E-state index contributed by atoms with van der Waals surface area (Å²) >= 11 is 0. The first-order chi connectivity index (χ1) is 9.02. The van der Waals surface area contributed by atoms with Gasteiger partial charge in [0.25, 0.3) is 11.2 Å². The maximum atomic E-state index is 11.6. The molecule has 0 saturated carbocycles.